The molecule has 0 spiro atoms. The average molecular weight is 608 g/mol. The number of hydrogen-bond donors (Lipinski definition) is 3. The van der Waals surface area contributed by atoms with E-state index in [2.05, 4.69) is 32.3 Å². The van der Waals surface area contributed by atoms with E-state index in [1.165, 1.54) is 21.6 Å². The van der Waals surface area contributed by atoms with Crippen LogP contribution in [0.15, 0.2) is 90.2 Å². The second kappa shape index (κ2) is 11.1. The summed E-state index contributed by atoms with van der Waals surface area (Å²) >= 11 is 0. The monoisotopic (exact) mass is 607 g/mol. The summed E-state index contributed by atoms with van der Waals surface area (Å²) in [4.78, 5) is 31.9. The number of amides is 1. The summed E-state index contributed by atoms with van der Waals surface area (Å²) in [5, 5.41) is 17.2. The Balaban J connectivity index is 1.43. The molecule has 0 fully saturated rings. The van der Waals surface area contributed by atoms with Gasteiger partial charge in [0.2, 0.25) is 10.0 Å². The van der Waals surface area contributed by atoms with E-state index in [4.69, 9.17) is 10.9 Å². The van der Waals surface area contributed by atoms with E-state index >= 15 is 0 Å². The summed E-state index contributed by atoms with van der Waals surface area (Å²) in [6, 6.07) is 17.2. The van der Waals surface area contributed by atoms with Gasteiger partial charge >= 0.3 is 0 Å². The minimum absolute atomic E-state index is 0.0331. The molecule has 4 heterocycles. The third kappa shape index (κ3) is 5.52. The average Bonchev–Trinajstić information content (AvgIpc) is 3.57. The highest BCUT2D eigenvalue weighted by atomic mass is 32.2. The molecule has 6 rings (SSSR count). The molecule has 0 aliphatic rings. The fourth-order valence-electron chi connectivity index (χ4n) is 4.94. The van der Waals surface area contributed by atoms with E-state index in [1.54, 1.807) is 60.3 Å². The highest BCUT2D eigenvalue weighted by Gasteiger charge is 2.24. The normalized spacial score (nSPS) is 12.1. The van der Waals surface area contributed by atoms with E-state index in [9.17, 15) is 18.0 Å². The molecule has 6 aromatic rings. The number of hydrogen-bond acceptors (Lipinski definition) is 8. The minimum atomic E-state index is -3.77. The van der Waals surface area contributed by atoms with Crippen molar-refractivity contribution in [2.24, 2.45) is 5.14 Å². The highest BCUT2D eigenvalue weighted by Crippen LogP contribution is 2.24. The van der Waals surface area contributed by atoms with Crippen LogP contribution in [0.5, 0.6) is 0 Å². The lowest BCUT2D eigenvalue weighted by molar-refractivity contribution is 0.0941. The number of para-hydroxylation sites is 1. The number of carbonyl (C=O) groups excluding carboxylic acids is 1. The molecular weight excluding hydrogens is 582 g/mol. The van der Waals surface area contributed by atoms with Crippen LogP contribution in [0, 0.1) is 11.8 Å². The van der Waals surface area contributed by atoms with Crippen molar-refractivity contribution in [3.05, 3.63) is 118 Å². The zero-order valence-electron chi connectivity index (χ0n) is 23.2. The Morgan fingerprint density at radius 3 is 2.66 bits per heavy atom. The van der Waals surface area contributed by atoms with Crippen molar-refractivity contribution in [1.82, 2.24) is 34.3 Å². The molecule has 220 valence electrons. The van der Waals surface area contributed by atoms with Crippen molar-refractivity contribution in [3.63, 3.8) is 0 Å². The van der Waals surface area contributed by atoms with Crippen molar-refractivity contribution in [2.75, 3.05) is 5.73 Å². The Labute approximate surface area is 250 Å². The van der Waals surface area contributed by atoms with Crippen molar-refractivity contribution < 1.29 is 13.2 Å². The van der Waals surface area contributed by atoms with Crippen LogP contribution in [-0.4, -0.2) is 43.3 Å². The van der Waals surface area contributed by atoms with Gasteiger partial charge in [0.1, 0.15) is 5.56 Å². The van der Waals surface area contributed by atoms with Crippen molar-refractivity contribution in [3.8, 4) is 17.5 Å². The van der Waals surface area contributed by atoms with Crippen molar-refractivity contribution in [2.45, 2.75) is 18.8 Å². The molecule has 0 saturated heterocycles. The second-order valence-corrected chi connectivity index (χ2v) is 11.6. The molecule has 44 heavy (non-hydrogen) atoms. The zero-order chi connectivity index (χ0) is 31.0. The number of anilines is 1. The number of nitrogen functional groups attached to an aromatic ring is 1. The number of sulfonamides is 1. The summed E-state index contributed by atoms with van der Waals surface area (Å²) in [7, 11) is -3.77. The number of carbonyl (C=O) groups is 1. The predicted octanol–water partition coefficient (Wildman–Crippen LogP) is 1.95. The SMILES string of the molecule is CC(NC(=O)c1c(N)nn2cccnc12)c1cc2cccc(C#Cc3cnn(CS(N)(=O)=O)c3)c2c(=O)n1-c1ccccc1. The molecule has 0 aliphatic heterocycles. The van der Waals surface area contributed by atoms with Gasteiger partial charge in [-0.15, -0.1) is 5.10 Å². The summed E-state index contributed by atoms with van der Waals surface area (Å²) < 4.78 is 26.9. The topological polar surface area (TPSA) is 185 Å². The summed E-state index contributed by atoms with van der Waals surface area (Å²) in [6.45, 7) is 1.77. The second-order valence-electron chi connectivity index (χ2n) is 9.97. The molecule has 0 bridgehead atoms. The fraction of sp³-hybridized carbons (Fsp3) is 0.100. The van der Waals surface area contributed by atoms with Gasteiger partial charge in [-0.1, -0.05) is 42.2 Å². The van der Waals surface area contributed by atoms with Crippen molar-refractivity contribution in [1.29, 1.82) is 0 Å². The van der Waals surface area contributed by atoms with E-state index < -0.39 is 27.8 Å². The lowest BCUT2D eigenvalue weighted by Crippen LogP contribution is -2.32. The molecule has 0 aliphatic carbocycles. The van der Waals surface area contributed by atoms with E-state index in [1.807, 2.05) is 24.3 Å². The standard InChI is InChI=1S/C30H25N9O4S/c1-19(35-29(40)26-27(31)36-38-14-6-13-33-28(26)38)24-15-22-8-5-7-21(12-11-20-16-34-37(17-20)18-44(32,42)43)25(22)30(41)39(24)23-9-3-2-4-10-23/h2-10,13-17,19H,18H2,1H3,(H2,31,36)(H,35,40)(H2,32,42,43). The number of pyridine rings is 1. The number of primary sulfonamides is 1. The van der Waals surface area contributed by atoms with Gasteiger partial charge in [-0.05, 0) is 42.6 Å². The Bertz CT molecular complexity index is 2300. The van der Waals surface area contributed by atoms with E-state index in [0.29, 0.717) is 38.9 Å². The Hall–Kier alpha value is -5.78. The molecule has 1 atom stereocenters. The molecule has 2 aromatic carbocycles. The van der Waals surface area contributed by atoms with Crippen LogP contribution in [0.1, 0.15) is 40.1 Å². The molecule has 1 amide bonds. The van der Waals surface area contributed by atoms with E-state index in [0.717, 1.165) is 0 Å². The summed E-state index contributed by atoms with van der Waals surface area (Å²) in [5.41, 5.74) is 8.21. The lowest BCUT2D eigenvalue weighted by atomic mass is 10.0. The largest absolute Gasteiger partial charge is 0.381 e. The molecule has 0 saturated carbocycles. The molecule has 5 N–H and O–H groups in total. The van der Waals surface area contributed by atoms with E-state index in [-0.39, 0.29) is 16.9 Å². The summed E-state index contributed by atoms with van der Waals surface area (Å²) in [5.74, 6) is 5.03. The maximum absolute atomic E-state index is 14.2. The Morgan fingerprint density at radius 2 is 1.89 bits per heavy atom. The third-order valence-electron chi connectivity index (χ3n) is 6.82. The third-order valence-corrected chi connectivity index (χ3v) is 7.44. The minimum Gasteiger partial charge on any atom is -0.381 e. The maximum atomic E-state index is 14.2. The number of aromatic nitrogens is 6. The van der Waals surface area contributed by atoms with Crippen LogP contribution in [0.2, 0.25) is 0 Å². The molecular formula is C30H25N9O4S. The Morgan fingerprint density at radius 1 is 1.09 bits per heavy atom. The first-order valence-corrected chi connectivity index (χ1v) is 15.0. The fourth-order valence-corrected chi connectivity index (χ4v) is 5.45. The number of nitrogens with zero attached hydrogens (tertiary/aromatic N) is 6. The van der Waals surface area contributed by atoms with Gasteiger partial charge in [0.25, 0.3) is 11.5 Å². The Kier molecular flexibility index (Phi) is 7.17. The van der Waals surface area contributed by atoms with Crippen LogP contribution in [0.3, 0.4) is 0 Å². The quantitative estimate of drug-likeness (QED) is 0.240. The van der Waals surface area contributed by atoms with Crippen molar-refractivity contribution >= 4 is 38.2 Å². The number of fused-ring (bicyclic) bond motifs is 2. The van der Waals surface area contributed by atoms with Gasteiger partial charge in [-0.25, -0.2) is 23.1 Å². The van der Waals surface area contributed by atoms with Gasteiger partial charge in [-0.3, -0.25) is 18.8 Å². The predicted molar refractivity (Wildman–Crippen MR) is 164 cm³/mol. The zero-order valence-corrected chi connectivity index (χ0v) is 24.1. The molecule has 1 unspecified atom stereocenters. The van der Waals surface area contributed by atoms with Crippen LogP contribution < -0.4 is 21.7 Å². The maximum Gasteiger partial charge on any atom is 0.264 e. The first kappa shape index (κ1) is 28.3. The number of nitrogens with one attached hydrogen (secondary N) is 1. The molecule has 0 radical (unpaired) electrons. The molecule has 4 aromatic heterocycles. The number of nitrogens with two attached hydrogens (primary N) is 2. The van der Waals surface area contributed by atoms with Crippen LogP contribution in [-0.2, 0) is 15.9 Å². The van der Waals surface area contributed by atoms with Gasteiger partial charge in [0.15, 0.2) is 17.3 Å². The first-order chi connectivity index (χ1) is 21.1. The smallest absolute Gasteiger partial charge is 0.264 e. The highest BCUT2D eigenvalue weighted by molar-refractivity contribution is 7.88. The molecule has 14 heteroatoms. The number of benzene rings is 2. The van der Waals surface area contributed by atoms with Gasteiger partial charge < -0.3 is 11.1 Å². The lowest BCUT2D eigenvalue weighted by Gasteiger charge is -2.21. The molecule has 13 nitrogen and oxygen atoms in total. The van der Waals surface area contributed by atoms with Gasteiger partial charge in [0.05, 0.1) is 23.2 Å². The van der Waals surface area contributed by atoms with Crippen LogP contribution in [0.4, 0.5) is 5.82 Å². The van der Waals surface area contributed by atoms with Crippen LogP contribution in [0.25, 0.3) is 22.1 Å². The van der Waals surface area contributed by atoms with Gasteiger partial charge in [0, 0.05) is 35.5 Å². The summed E-state index contributed by atoms with van der Waals surface area (Å²) in [6.07, 6.45) is 6.07. The van der Waals surface area contributed by atoms with Gasteiger partial charge in [-0.2, -0.15) is 5.10 Å². The van der Waals surface area contributed by atoms with Crippen LogP contribution >= 0.6 is 0 Å². The first-order valence-electron chi connectivity index (χ1n) is 13.3. The number of rotatable bonds is 6.